The van der Waals surface area contributed by atoms with E-state index in [4.69, 9.17) is 15.9 Å². The van der Waals surface area contributed by atoms with E-state index in [0.29, 0.717) is 6.54 Å². The zero-order valence-electron chi connectivity index (χ0n) is 11.0. The van der Waals surface area contributed by atoms with E-state index in [0.717, 1.165) is 6.92 Å². The summed E-state index contributed by atoms with van der Waals surface area (Å²) in [4.78, 5) is 9.34. The topological polar surface area (TPSA) is 143 Å². The Labute approximate surface area is 128 Å². The maximum absolute atomic E-state index is 9.34. The zero-order chi connectivity index (χ0) is 12.8. The SMILES string of the molecule is CC(O)C(=O)[O-].NCCO.[Hg].[NH4+].c1ccccc1. The fourth-order valence-corrected chi connectivity index (χ4v) is 0.385. The molecule has 0 spiro atoms. The summed E-state index contributed by atoms with van der Waals surface area (Å²) in [7, 11) is 0. The van der Waals surface area contributed by atoms with Gasteiger partial charge in [-0.05, 0) is 6.92 Å². The molecule has 1 atom stereocenters. The first kappa shape index (κ1) is 26.1. The number of carboxylic acids is 1. The van der Waals surface area contributed by atoms with Crippen LogP contribution < -0.4 is 17.0 Å². The van der Waals surface area contributed by atoms with Crippen LogP contribution in [0.3, 0.4) is 0 Å². The summed E-state index contributed by atoms with van der Waals surface area (Å²) in [5.41, 5.74) is 4.78. The molecule has 0 saturated heterocycles. The molecule has 1 unspecified atom stereocenters. The van der Waals surface area contributed by atoms with Gasteiger partial charge in [-0.1, -0.05) is 36.4 Å². The first-order chi connectivity index (χ1) is 7.56. The molecule has 0 radical (unpaired) electrons. The van der Waals surface area contributed by atoms with Crippen molar-refractivity contribution < 1.29 is 47.8 Å². The predicted molar refractivity (Wildman–Crippen MR) is 65.3 cm³/mol. The summed E-state index contributed by atoms with van der Waals surface area (Å²) in [6.45, 7) is 1.61. The molecule has 1 rings (SSSR count). The van der Waals surface area contributed by atoms with E-state index in [1.54, 1.807) is 0 Å². The van der Waals surface area contributed by atoms with Gasteiger partial charge >= 0.3 is 0 Å². The van der Waals surface area contributed by atoms with E-state index in [2.05, 4.69) is 0 Å². The van der Waals surface area contributed by atoms with E-state index < -0.39 is 12.1 Å². The minimum Gasteiger partial charge on any atom is -0.547 e. The number of hydrogen-bond donors (Lipinski definition) is 4. The van der Waals surface area contributed by atoms with E-state index in [-0.39, 0.29) is 40.4 Å². The van der Waals surface area contributed by atoms with E-state index in [9.17, 15) is 9.90 Å². The van der Waals surface area contributed by atoms with Crippen LogP contribution in [-0.2, 0) is 32.5 Å². The Morgan fingerprint density at radius 3 is 1.44 bits per heavy atom. The van der Waals surface area contributed by atoms with Crippen LogP contribution in [0.5, 0.6) is 0 Å². The molecule has 102 valence electrons. The monoisotopic (exact) mass is 448 g/mol. The van der Waals surface area contributed by atoms with Crippen molar-refractivity contribution in [2.24, 2.45) is 5.73 Å². The van der Waals surface area contributed by atoms with Crippen LogP contribution in [0.4, 0.5) is 0 Å². The summed E-state index contributed by atoms with van der Waals surface area (Å²) >= 11 is 0. The number of aliphatic hydroxyl groups is 2. The van der Waals surface area contributed by atoms with Crippen molar-refractivity contribution in [3.63, 3.8) is 0 Å². The van der Waals surface area contributed by atoms with Gasteiger partial charge in [-0.25, -0.2) is 0 Å². The van der Waals surface area contributed by atoms with Crippen molar-refractivity contribution in [3.8, 4) is 0 Å². The maximum atomic E-state index is 9.34. The van der Waals surface area contributed by atoms with Gasteiger partial charge in [0.2, 0.25) is 0 Å². The third kappa shape index (κ3) is 29.5. The number of aliphatic hydroxyl groups excluding tert-OH is 2. The second-order valence-corrected chi connectivity index (χ2v) is 2.66. The van der Waals surface area contributed by atoms with Crippen LogP contribution in [0.15, 0.2) is 36.4 Å². The fraction of sp³-hybridized carbons (Fsp3) is 0.364. The number of carbonyl (C=O) groups is 1. The van der Waals surface area contributed by atoms with E-state index >= 15 is 0 Å². The second kappa shape index (κ2) is 21.7. The Morgan fingerprint density at radius 1 is 1.22 bits per heavy atom. The van der Waals surface area contributed by atoms with Crippen LogP contribution >= 0.6 is 0 Å². The number of quaternary nitrogens is 1. The molecule has 1 aromatic rings. The number of benzene rings is 1. The second-order valence-electron chi connectivity index (χ2n) is 2.66. The number of carboxylic acid groups (broad SMARTS) is 1. The Balaban J connectivity index is -0.0000000792. The van der Waals surface area contributed by atoms with Gasteiger partial charge in [0, 0.05) is 34.2 Å². The molecule has 18 heavy (non-hydrogen) atoms. The molecule has 0 bridgehead atoms. The third-order valence-electron chi connectivity index (χ3n) is 1.14. The first-order valence-electron chi connectivity index (χ1n) is 4.76. The Bertz CT molecular complexity index is 219. The van der Waals surface area contributed by atoms with Gasteiger partial charge in [-0.3, -0.25) is 0 Å². The maximum Gasteiger partial charge on any atom is 0.0905 e. The van der Waals surface area contributed by atoms with E-state index in [1.165, 1.54) is 0 Å². The number of aliphatic carboxylic acids is 1. The van der Waals surface area contributed by atoms with Crippen LogP contribution in [0.2, 0.25) is 0 Å². The molecule has 0 fully saturated rings. The van der Waals surface area contributed by atoms with Crippen molar-refractivity contribution >= 4 is 5.97 Å². The Hall–Kier alpha value is -0.535. The Morgan fingerprint density at radius 2 is 1.39 bits per heavy atom. The summed E-state index contributed by atoms with van der Waals surface area (Å²) in [6.07, 6.45) is -1.34. The van der Waals surface area contributed by atoms with Crippen LogP contribution in [0.1, 0.15) is 6.92 Å². The number of nitrogens with two attached hydrogens (primary N) is 1. The quantitative estimate of drug-likeness (QED) is 0.436. The molecule has 0 aliphatic rings. The average Bonchev–Trinajstić information content (AvgIpc) is 2.32. The van der Waals surface area contributed by atoms with Gasteiger partial charge in [-0.2, -0.15) is 0 Å². The van der Waals surface area contributed by atoms with Crippen molar-refractivity contribution in [2.75, 3.05) is 13.2 Å². The van der Waals surface area contributed by atoms with Crippen molar-refractivity contribution in [1.29, 1.82) is 0 Å². The molecular formula is C11H22HgN2O4. The molecule has 0 aliphatic heterocycles. The van der Waals surface area contributed by atoms with Gasteiger partial charge in [0.15, 0.2) is 0 Å². The summed E-state index contributed by atoms with van der Waals surface area (Å²) in [6, 6.07) is 12.0. The van der Waals surface area contributed by atoms with Crippen molar-refractivity contribution in [1.82, 2.24) is 6.15 Å². The average molecular weight is 447 g/mol. The third-order valence-corrected chi connectivity index (χ3v) is 1.14. The molecule has 0 aromatic heterocycles. The van der Waals surface area contributed by atoms with Crippen molar-refractivity contribution in [3.05, 3.63) is 36.4 Å². The van der Waals surface area contributed by atoms with Gasteiger partial charge < -0.3 is 32.0 Å². The van der Waals surface area contributed by atoms with Crippen LogP contribution in [0.25, 0.3) is 0 Å². The summed E-state index contributed by atoms with van der Waals surface area (Å²) < 4.78 is 0. The minimum atomic E-state index is -1.44. The molecule has 0 heterocycles. The fourth-order valence-electron chi connectivity index (χ4n) is 0.385. The van der Waals surface area contributed by atoms with E-state index in [1.807, 2.05) is 36.4 Å². The number of carbonyl (C=O) groups excluding carboxylic acids is 1. The normalized spacial score (nSPS) is 8.89. The van der Waals surface area contributed by atoms with Crippen molar-refractivity contribution in [2.45, 2.75) is 13.0 Å². The Kier molecular flexibility index (Phi) is 31.5. The summed E-state index contributed by atoms with van der Waals surface area (Å²) in [5, 5.41) is 25.1. The molecular weight excluding hydrogens is 425 g/mol. The molecule has 6 nitrogen and oxygen atoms in total. The van der Waals surface area contributed by atoms with Crippen LogP contribution in [-0.4, -0.2) is 35.4 Å². The molecule has 8 N–H and O–H groups in total. The first-order valence-corrected chi connectivity index (χ1v) is 4.76. The predicted octanol–water partition coefficient (Wildman–Crippen LogP) is -0.885. The molecule has 7 heteroatoms. The van der Waals surface area contributed by atoms with Gasteiger partial charge in [0.1, 0.15) is 0 Å². The van der Waals surface area contributed by atoms with Gasteiger partial charge in [0.25, 0.3) is 0 Å². The number of hydrogen-bond acceptors (Lipinski definition) is 5. The molecule has 0 aliphatic carbocycles. The van der Waals surface area contributed by atoms with Gasteiger partial charge in [-0.15, -0.1) is 0 Å². The molecule has 0 saturated carbocycles. The standard InChI is InChI=1S/C6H6.C3H6O3.C2H7NO.Hg.H3N/c1-2-4-6-5-3-1;1-2(4)3(5)6;3-1-2-4;;/h1-6H;2,4H,1H3,(H,5,6);4H,1-3H2;;1H3. The van der Waals surface area contributed by atoms with Gasteiger partial charge in [0.05, 0.1) is 18.7 Å². The largest absolute Gasteiger partial charge is 0.547 e. The minimum absolute atomic E-state index is 0. The molecule has 0 amide bonds. The zero-order valence-corrected chi connectivity index (χ0v) is 16.4. The molecule has 1 aromatic carbocycles. The smallest absolute Gasteiger partial charge is 0.0905 e. The number of rotatable bonds is 2. The van der Waals surface area contributed by atoms with Crippen LogP contribution in [0, 0.1) is 0 Å². The summed E-state index contributed by atoms with van der Waals surface area (Å²) in [5.74, 6) is -1.44.